The maximum Gasteiger partial charge on any atom is 0.212 e. The second-order valence-electron chi connectivity index (χ2n) is 2.42. The van der Waals surface area contributed by atoms with Gasteiger partial charge in [0.05, 0.1) is 15.8 Å². The van der Waals surface area contributed by atoms with Gasteiger partial charge in [-0.1, -0.05) is 46.4 Å². The Morgan fingerprint density at radius 2 is 1.62 bits per heavy atom. The van der Waals surface area contributed by atoms with Gasteiger partial charge in [0.2, 0.25) is 5.78 Å². The molecule has 13 heavy (non-hydrogen) atoms. The fourth-order valence-electron chi connectivity index (χ4n) is 0.813. The lowest BCUT2D eigenvalue weighted by Gasteiger charge is -2.31. The zero-order valence-electron chi connectivity index (χ0n) is 5.83. The van der Waals surface area contributed by atoms with E-state index in [0.29, 0.717) is 0 Å². The van der Waals surface area contributed by atoms with Crippen LogP contribution in [0.15, 0.2) is 10.1 Å². The molecule has 0 bridgehead atoms. The molecule has 0 N–H and O–H groups in total. The largest absolute Gasteiger partial charge is 0.290 e. The van der Waals surface area contributed by atoms with Crippen molar-refractivity contribution in [1.29, 1.82) is 0 Å². The van der Waals surface area contributed by atoms with Gasteiger partial charge < -0.3 is 0 Å². The first kappa shape index (κ1) is 12.2. The number of carbonyl (C=O) groups excluding carboxylic acids is 1. The zero-order valence-corrected chi connectivity index (χ0v) is 10.4. The van der Waals surface area contributed by atoms with E-state index in [0.717, 1.165) is 0 Å². The highest BCUT2D eigenvalue weighted by molar-refractivity contribution is 6.69. The predicted octanol–water partition coefficient (Wildman–Crippen LogP) is 3.65. The van der Waals surface area contributed by atoms with Crippen LogP contribution in [0.4, 0.5) is 0 Å². The van der Waals surface area contributed by atoms with Gasteiger partial charge in [0.25, 0.3) is 0 Å². The Hall–Kier alpha value is 1.15. The summed E-state index contributed by atoms with van der Waals surface area (Å²) < 4.78 is -1.82. The van der Waals surface area contributed by atoms with Crippen LogP contribution in [0.5, 0.6) is 0 Å². The van der Waals surface area contributed by atoms with Gasteiger partial charge in [0, 0.05) is 0 Å². The van der Waals surface area contributed by atoms with Gasteiger partial charge in [0.1, 0.15) is 5.03 Å². The number of Topliss-reactive ketones (excluding diaryl/α,β-unsaturated/α-hetero) is 1. The molecular weight excluding hydrogens is 301 g/mol. The number of hydrogen-bond acceptors (Lipinski definition) is 1. The van der Waals surface area contributed by atoms with Crippen molar-refractivity contribution in [1.82, 2.24) is 0 Å². The first-order valence-corrected chi connectivity index (χ1v) is 5.44. The van der Waals surface area contributed by atoms with Crippen LogP contribution in [0.1, 0.15) is 0 Å². The van der Waals surface area contributed by atoms with Crippen molar-refractivity contribution < 1.29 is 4.79 Å². The molecule has 1 rings (SSSR count). The molecule has 0 spiro atoms. The van der Waals surface area contributed by atoms with E-state index in [2.05, 4.69) is 0 Å². The number of ketones is 1. The average molecular weight is 303 g/mol. The lowest BCUT2D eigenvalue weighted by Crippen LogP contribution is -2.45. The summed E-state index contributed by atoms with van der Waals surface area (Å²) in [6.07, 6.45) is 0. The third kappa shape index (κ3) is 1.92. The van der Waals surface area contributed by atoms with Crippen molar-refractivity contribution in [3.63, 3.8) is 0 Å². The van der Waals surface area contributed by atoms with E-state index in [1.807, 2.05) is 0 Å². The summed E-state index contributed by atoms with van der Waals surface area (Å²) in [7, 11) is 0. The van der Waals surface area contributed by atoms with Crippen LogP contribution in [-0.2, 0) is 4.79 Å². The minimum absolute atomic E-state index is 0.0229. The van der Waals surface area contributed by atoms with E-state index in [4.69, 9.17) is 69.6 Å². The lowest BCUT2D eigenvalue weighted by molar-refractivity contribution is -0.115. The number of rotatable bonds is 0. The van der Waals surface area contributed by atoms with Gasteiger partial charge in [-0.05, 0) is 0 Å². The molecule has 2 atom stereocenters. The van der Waals surface area contributed by atoms with Gasteiger partial charge in [-0.15, -0.1) is 23.2 Å². The SMILES string of the molecule is O=C1C(Cl)=C(Cl)C(Cl)C(Cl)C1(Cl)Cl. The molecule has 0 heterocycles. The minimum Gasteiger partial charge on any atom is -0.290 e. The van der Waals surface area contributed by atoms with E-state index < -0.39 is 20.9 Å². The predicted molar refractivity (Wildman–Crippen MR) is 57.5 cm³/mol. The molecule has 0 aliphatic heterocycles. The van der Waals surface area contributed by atoms with Crippen molar-refractivity contribution in [3.05, 3.63) is 10.1 Å². The van der Waals surface area contributed by atoms with Crippen LogP contribution in [0.25, 0.3) is 0 Å². The molecule has 1 aliphatic rings. The Bertz CT molecular complexity index is 283. The van der Waals surface area contributed by atoms with E-state index in [-0.39, 0.29) is 10.1 Å². The normalized spacial score (nSPS) is 33.8. The summed E-state index contributed by atoms with van der Waals surface area (Å²) in [5, 5.41) is -2.14. The third-order valence-electron chi connectivity index (χ3n) is 1.56. The summed E-state index contributed by atoms with van der Waals surface area (Å²) in [4.78, 5) is 11.3. The Morgan fingerprint density at radius 1 is 1.15 bits per heavy atom. The molecule has 2 unspecified atom stereocenters. The molecule has 0 aromatic heterocycles. The summed E-state index contributed by atoms with van der Waals surface area (Å²) in [6.45, 7) is 0. The summed E-state index contributed by atoms with van der Waals surface area (Å²) >= 11 is 33.9. The molecule has 1 aliphatic carbocycles. The van der Waals surface area contributed by atoms with Crippen LogP contribution in [0, 0.1) is 0 Å². The van der Waals surface area contributed by atoms with Crippen molar-refractivity contribution in [2.75, 3.05) is 0 Å². The highest BCUT2D eigenvalue weighted by atomic mass is 35.5. The standard InChI is InChI=1S/C6H2Cl6O/c7-1-2(8)4(10)6(11,12)5(13)3(1)9/h2,4H. The second kappa shape index (κ2) is 3.96. The van der Waals surface area contributed by atoms with Crippen LogP contribution in [-0.4, -0.2) is 20.9 Å². The molecule has 0 saturated heterocycles. The summed E-state index contributed by atoms with van der Waals surface area (Å²) in [5.74, 6) is -0.723. The minimum atomic E-state index is -1.82. The summed E-state index contributed by atoms with van der Waals surface area (Å²) in [6, 6.07) is 0. The monoisotopic (exact) mass is 300 g/mol. The molecular formula is C6H2Cl6O. The maximum absolute atomic E-state index is 11.3. The topological polar surface area (TPSA) is 17.1 Å². The average Bonchev–Trinajstić information content (AvgIpc) is 2.09. The molecule has 0 radical (unpaired) electrons. The Kier molecular flexibility index (Phi) is 3.72. The van der Waals surface area contributed by atoms with Crippen molar-refractivity contribution in [2.45, 2.75) is 15.1 Å². The smallest absolute Gasteiger partial charge is 0.212 e. The van der Waals surface area contributed by atoms with E-state index in [1.165, 1.54) is 0 Å². The third-order valence-corrected chi connectivity index (χ3v) is 4.78. The quantitative estimate of drug-likeness (QED) is 0.624. The summed E-state index contributed by atoms with van der Waals surface area (Å²) in [5.41, 5.74) is 0. The number of halogens is 6. The van der Waals surface area contributed by atoms with Gasteiger partial charge in [-0.3, -0.25) is 4.79 Å². The van der Waals surface area contributed by atoms with Crippen molar-refractivity contribution in [2.24, 2.45) is 0 Å². The Balaban J connectivity index is 3.23. The van der Waals surface area contributed by atoms with E-state index in [9.17, 15) is 4.79 Å². The molecule has 0 amide bonds. The van der Waals surface area contributed by atoms with Crippen LogP contribution in [0.2, 0.25) is 0 Å². The molecule has 0 aromatic carbocycles. The van der Waals surface area contributed by atoms with Gasteiger partial charge in [-0.2, -0.15) is 0 Å². The zero-order chi connectivity index (χ0) is 10.4. The molecule has 74 valence electrons. The van der Waals surface area contributed by atoms with Crippen LogP contribution < -0.4 is 0 Å². The fourth-order valence-corrected chi connectivity index (χ4v) is 2.60. The van der Waals surface area contributed by atoms with Crippen molar-refractivity contribution in [3.8, 4) is 0 Å². The molecule has 7 heteroatoms. The van der Waals surface area contributed by atoms with Gasteiger partial charge in [-0.25, -0.2) is 0 Å². The highest BCUT2D eigenvalue weighted by Gasteiger charge is 2.51. The molecule has 0 fully saturated rings. The van der Waals surface area contributed by atoms with Crippen molar-refractivity contribution >= 4 is 75.4 Å². The first-order valence-electron chi connectivity index (χ1n) is 3.06. The van der Waals surface area contributed by atoms with E-state index in [1.54, 1.807) is 0 Å². The fraction of sp³-hybridized carbons (Fsp3) is 0.500. The number of carbonyl (C=O) groups is 1. The maximum atomic E-state index is 11.3. The second-order valence-corrected chi connectivity index (χ2v) is 5.53. The van der Waals surface area contributed by atoms with Crippen LogP contribution >= 0.6 is 69.6 Å². The number of hydrogen-bond donors (Lipinski definition) is 0. The number of alkyl halides is 4. The molecule has 1 nitrogen and oxygen atoms in total. The molecule has 0 saturated carbocycles. The lowest BCUT2D eigenvalue weighted by atomic mass is 10.0. The molecule has 0 aromatic rings. The van der Waals surface area contributed by atoms with E-state index >= 15 is 0 Å². The van der Waals surface area contributed by atoms with Gasteiger partial charge >= 0.3 is 0 Å². The Morgan fingerprint density at radius 3 is 2.08 bits per heavy atom. The van der Waals surface area contributed by atoms with Crippen LogP contribution in [0.3, 0.4) is 0 Å². The highest BCUT2D eigenvalue weighted by Crippen LogP contribution is 2.45. The van der Waals surface area contributed by atoms with Gasteiger partial charge in [0.15, 0.2) is 4.33 Å². The number of allylic oxidation sites excluding steroid dienone is 2. The first-order chi connectivity index (χ1) is 5.80. The Labute approximate surface area is 105 Å².